The second-order valence-corrected chi connectivity index (χ2v) is 4.67. The zero-order valence-electron chi connectivity index (χ0n) is 10.7. The van der Waals surface area contributed by atoms with Gasteiger partial charge >= 0.3 is 5.97 Å². The van der Waals surface area contributed by atoms with Crippen molar-refractivity contribution in [3.8, 4) is 0 Å². The Kier molecular flexibility index (Phi) is 2.74. The lowest BCUT2D eigenvalue weighted by Gasteiger charge is -2.30. The Morgan fingerprint density at radius 3 is 2.68 bits per heavy atom. The zero-order chi connectivity index (χ0) is 13.4. The number of hydrogen-bond acceptors (Lipinski definition) is 3. The van der Waals surface area contributed by atoms with Crippen LogP contribution in [0.4, 0.5) is 5.69 Å². The zero-order valence-corrected chi connectivity index (χ0v) is 10.7. The van der Waals surface area contributed by atoms with Crippen molar-refractivity contribution in [1.29, 1.82) is 0 Å². The topological polar surface area (TPSA) is 58.4 Å². The van der Waals surface area contributed by atoms with Crippen molar-refractivity contribution in [3.05, 3.63) is 47.5 Å². The number of hydrogen-bond donors (Lipinski definition) is 1. The normalized spacial score (nSPS) is 14.3. The van der Waals surface area contributed by atoms with Gasteiger partial charge in [0.1, 0.15) is 5.82 Å². The number of rotatable bonds is 2. The summed E-state index contributed by atoms with van der Waals surface area (Å²) >= 11 is 0. The van der Waals surface area contributed by atoms with E-state index in [2.05, 4.69) is 9.88 Å². The largest absolute Gasteiger partial charge is 0.476 e. The molecule has 0 saturated heterocycles. The Hall–Kier alpha value is -2.30. The van der Waals surface area contributed by atoms with E-state index in [0.29, 0.717) is 6.54 Å². The van der Waals surface area contributed by atoms with Gasteiger partial charge in [-0.05, 0) is 19.1 Å². The number of para-hydroxylation sites is 1. The first-order chi connectivity index (χ1) is 9.16. The Morgan fingerprint density at radius 1 is 1.26 bits per heavy atom. The molecule has 0 bridgehead atoms. The van der Waals surface area contributed by atoms with E-state index < -0.39 is 5.97 Å². The second-order valence-electron chi connectivity index (χ2n) is 4.67. The van der Waals surface area contributed by atoms with Crippen molar-refractivity contribution in [2.75, 3.05) is 11.4 Å². The van der Waals surface area contributed by atoms with Crippen LogP contribution in [0.1, 0.15) is 22.0 Å². The molecule has 0 amide bonds. The van der Waals surface area contributed by atoms with E-state index in [0.717, 1.165) is 30.3 Å². The fraction of sp³-hybridized carbons (Fsp3) is 0.286. The van der Waals surface area contributed by atoms with E-state index >= 15 is 0 Å². The Bertz CT molecular complexity index is 619. The molecule has 1 aromatic carbocycles. The van der Waals surface area contributed by atoms with Crippen molar-refractivity contribution in [2.45, 2.75) is 20.0 Å². The van der Waals surface area contributed by atoms with Crippen LogP contribution >= 0.6 is 0 Å². The molecule has 0 aliphatic carbocycles. The molecule has 5 nitrogen and oxygen atoms in total. The van der Waals surface area contributed by atoms with Crippen LogP contribution < -0.4 is 4.90 Å². The van der Waals surface area contributed by atoms with E-state index in [9.17, 15) is 9.90 Å². The maximum absolute atomic E-state index is 11.2. The molecule has 5 heteroatoms. The maximum atomic E-state index is 11.2. The molecule has 3 rings (SSSR count). The van der Waals surface area contributed by atoms with E-state index in [1.165, 1.54) is 0 Å². The number of aromatic carboxylic acids is 1. The van der Waals surface area contributed by atoms with E-state index in [1.54, 1.807) is 0 Å². The fourth-order valence-electron chi connectivity index (χ4n) is 2.58. The molecule has 0 spiro atoms. The van der Waals surface area contributed by atoms with Crippen LogP contribution in [0.3, 0.4) is 0 Å². The SMILES string of the molecule is Cc1nc(C(=O)O)c2n1CCN(c1ccccc1)C2. The third kappa shape index (κ3) is 1.97. The van der Waals surface area contributed by atoms with Gasteiger partial charge in [-0.3, -0.25) is 0 Å². The lowest BCUT2D eigenvalue weighted by molar-refractivity contribution is 0.0689. The highest BCUT2D eigenvalue weighted by atomic mass is 16.4. The van der Waals surface area contributed by atoms with Crippen LogP contribution in [-0.2, 0) is 13.1 Å². The predicted octanol–water partition coefficient (Wildman–Crippen LogP) is 1.91. The maximum Gasteiger partial charge on any atom is 0.356 e. The van der Waals surface area contributed by atoms with Crippen LogP contribution in [0.25, 0.3) is 0 Å². The predicted molar refractivity (Wildman–Crippen MR) is 71.4 cm³/mol. The van der Waals surface area contributed by atoms with Gasteiger partial charge in [0.05, 0.1) is 12.2 Å². The molecule has 1 aliphatic heterocycles. The number of aryl methyl sites for hydroxylation is 1. The summed E-state index contributed by atoms with van der Waals surface area (Å²) < 4.78 is 2.00. The molecular formula is C14H15N3O2. The summed E-state index contributed by atoms with van der Waals surface area (Å²) in [4.78, 5) is 17.6. The second kappa shape index (κ2) is 4.42. The van der Waals surface area contributed by atoms with E-state index in [-0.39, 0.29) is 5.69 Å². The van der Waals surface area contributed by atoms with Gasteiger partial charge in [0.25, 0.3) is 0 Å². The quantitative estimate of drug-likeness (QED) is 0.892. The Labute approximate surface area is 111 Å². The van der Waals surface area contributed by atoms with Gasteiger partial charge in [-0.1, -0.05) is 18.2 Å². The van der Waals surface area contributed by atoms with Gasteiger partial charge in [-0.15, -0.1) is 0 Å². The van der Waals surface area contributed by atoms with Crippen molar-refractivity contribution in [2.24, 2.45) is 0 Å². The lowest BCUT2D eigenvalue weighted by Crippen LogP contribution is -2.34. The van der Waals surface area contributed by atoms with Crippen molar-refractivity contribution in [1.82, 2.24) is 9.55 Å². The minimum atomic E-state index is -0.952. The molecule has 1 N–H and O–H groups in total. The number of carboxylic acids is 1. The lowest BCUT2D eigenvalue weighted by atomic mass is 10.2. The first-order valence-corrected chi connectivity index (χ1v) is 6.26. The van der Waals surface area contributed by atoms with Crippen LogP contribution in [0.2, 0.25) is 0 Å². The third-order valence-electron chi connectivity index (χ3n) is 3.52. The number of aromatic nitrogens is 2. The Morgan fingerprint density at radius 2 is 2.00 bits per heavy atom. The van der Waals surface area contributed by atoms with E-state index in [1.807, 2.05) is 41.8 Å². The number of carboxylic acid groups (broad SMARTS) is 1. The first kappa shape index (κ1) is 11.8. The van der Waals surface area contributed by atoms with Gasteiger partial charge in [-0.2, -0.15) is 0 Å². The van der Waals surface area contributed by atoms with Crippen molar-refractivity contribution >= 4 is 11.7 Å². The molecule has 1 aromatic heterocycles. The summed E-state index contributed by atoms with van der Waals surface area (Å²) in [6, 6.07) is 10.0. The van der Waals surface area contributed by atoms with Crippen molar-refractivity contribution in [3.63, 3.8) is 0 Å². The molecule has 98 valence electrons. The van der Waals surface area contributed by atoms with Crippen LogP contribution in [0.5, 0.6) is 0 Å². The third-order valence-corrected chi connectivity index (χ3v) is 3.52. The number of anilines is 1. The minimum absolute atomic E-state index is 0.179. The van der Waals surface area contributed by atoms with Gasteiger partial charge in [0, 0.05) is 18.8 Å². The van der Waals surface area contributed by atoms with Crippen LogP contribution in [0.15, 0.2) is 30.3 Å². The highest BCUT2D eigenvalue weighted by Crippen LogP contribution is 2.23. The molecular weight excluding hydrogens is 242 g/mol. The number of benzene rings is 1. The average Bonchev–Trinajstić information content (AvgIpc) is 2.77. The fourth-order valence-corrected chi connectivity index (χ4v) is 2.58. The molecule has 1 aliphatic rings. The summed E-state index contributed by atoms with van der Waals surface area (Å²) in [5, 5.41) is 9.22. The standard InChI is InChI=1S/C14H15N3O2/c1-10-15-13(14(18)19)12-9-16(7-8-17(10)12)11-5-3-2-4-6-11/h2-6H,7-9H2,1H3,(H,18,19). The number of nitrogens with zero attached hydrogens (tertiary/aromatic N) is 3. The summed E-state index contributed by atoms with van der Waals surface area (Å²) in [7, 11) is 0. The molecule has 0 fully saturated rings. The summed E-state index contributed by atoms with van der Waals surface area (Å²) in [6.45, 7) is 4.09. The van der Waals surface area contributed by atoms with Crippen LogP contribution in [-0.4, -0.2) is 27.2 Å². The Balaban J connectivity index is 1.97. The molecule has 19 heavy (non-hydrogen) atoms. The van der Waals surface area contributed by atoms with E-state index in [4.69, 9.17) is 0 Å². The highest BCUT2D eigenvalue weighted by molar-refractivity contribution is 5.87. The van der Waals surface area contributed by atoms with Crippen molar-refractivity contribution < 1.29 is 9.90 Å². The summed E-state index contributed by atoms with van der Waals surface area (Å²) in [5.41, 5.74) is 2.09. The molecule has 0 unspecified atom stereocenters. The van der Waals surface area contributed by atoms with Gasteiger partial charge < -0.3 is 14.6 Å². The number of imidazole rings is 1. The minimum Gasteiger partial charge on any atom is -0.476 e. The monoisotopic (exact) mass is 257 g/mol. The summed E-state index contributed by atoms with van der Waals surface area (Å²) in [6.07, 6.45) is 0. The molecule has 2 aromatic rings. The molecule has 0 atom stereocenters. The smallest absolute Gasteiger partial charge is 0.356 e. The number of carbonyl (C=O) groups is 1. The first-order valence-electron chi connectivity index (χ1n) is 6.26. The average molecular weight is 257 g/mol. The van der Waals surface area contributed by atoms with Gasteiger partial charge in [0.15, 0.2) is 5.69 Å². The molecule has 0 saturated carbocycles. The molecule has 2 heterocycles. The number of fused-ring (bicyclic) bond motifs is 1. The highest BCUT2D eigenvalue weighted by Gasteiger charge is 2.25. The summed E-state index contributed by atoms with van der Waals surface area (Å²) in [5.74, 6) is -0.174. The van der Waals surface area contributed by atoms with Gasteiger partial charge in [0.2, 0.25) is 0 Å². The van der Waals surface area contributed by atoms with Crippen LogP contribution in [0, 0.1) is 6.92 Å². The van der Waals surface area contributed by atoms with Gasteiger partial charge in [-0.25, -0.2) is 9.78 Å². The molecule has 0 radical (unpaired) electrons.